The van der Waals surface area contributed by atoms with E-state index in [9.17, 15) is 26.7 Å². The molecule has 3 atom stereocenters. The zero-order chi connectivity index (χ0) is 28.4. The topological polar surface area (TPSA) is 103 Å². The van der Waals surface area contributed by atoms with Gasteiger partial charge in [-0.25, -0.2) is 13.6 Å². The van der Waals surface area contributed by atoms with Crippen LogP contribution in [0.15, 0.2) is 36.4 Å². The van der Waals surface area contributed by atoms with Crippen LogP contribution in [0.5, 0.6) is 0 Å². The summed E-state index contributed by atoms with van der Waals surface area (Å²) in [6, 6.07) is 8.87. The Kier molecular flexibility index (Phi) is 8.67. The molecule has 0 unspecified atom stereocenters. The largest absolute Gasteiger partial charge is 0.490 e. The van der Waals surface area contributed by atoms with E-state index in [1.165, 1.54) is 17.0 Å². The second-order valence-corrected chi connectivity index (χ2v) is 9.56. The van der Waals surface area contributed by atoms with Crippen LogP contribution in [0.4, 0.5) is 22.0 Å². The van der Waals surface area contributed by atoms with Gasteiger partial charge in [-0.15, -0.1) is 0 Å². The molecule has 206 valence electrons. The molecule has 3 N–H and O–H groups in total. The van der Waals surface area contributed by atoms with E-state index in [4.69, 9.17) is 31.6 Å². The fraction of sp³-hybridized carbons (Fsp3) is 0.400. The molecule has 13 heteroatoms. The minimum absolute atomic E-state index is 0.0104. The normalized spacial score (nSPS) is 23.8. The van der Waals surface area contributed by atoms with E-state index in [0.717, 1.165) is 6.07 Å². The summed E-state index contributed by atoms with van der Waals surface area (Å²) >= 11 is 6.65. The minimum atomic E-state index is -5.08. The van der Waals surface area contributed by atoms with Gasteiger partial charge in [-0.2, -0.15) is 13.2 Å². The molecule has 4 rings (SSSR count). The van der Waals surface area contributed by atoms with Crippen LogP contribution in [0.3, 0.4) is 0 Å². The molecule has 2 fully saturated rings. The van der Waals surface area contributed by atoms with Crippen molar-refractivity contribution in [2.45, 2.75) is 57.0 Å². The van der Waals surface area contributed by atoms with Gasteiger partial charge in [0.15, 0.2) is 17.6 Å². The number of hydrogen-bond donors (Lipinski definition) is 3. The van der Waals surface area contributed by atoms with Gasteiger partial charge in [-0.1, -0.05) is 41.9 Å². The summed E-state index contributed by atoms with van der Waals surface area (Å²) in [5.74, 6) is -4.86. The van der Waals surface area contributed by atoms with E-state index in [0.29, 0.717) is 30.6 Å². The van der Waals surface area contributed by atoms with Crippen molar-refractivity contribution in [3.63, 3.8) is 0 Å². The molecule has 0 radical (unpaired) electrons. The highest BCUT2D eigenvalue weighted by Gasteiger charge is 2.44. The van der Waals surface area contributed by atoms with Gasteiger partial charge in [0, 0.05) is 23.8 Å². The molecule has 0 spiro atoms. The number of ether oxygens (including phenoxy) is 1. The third kappa shape index (κ3) is 6.24. The second kappa shape index (κ2) is 11.2. The molecule has 2 aromatic carbocycles. The van der Waals surface area contributed by atoms with E-state index in [-0.39, 0.29) is 41.0 Å². The number of aliphatic carboxylic acids is 1. The monoisotopic (exact) mass is 561 g/mol. The molecule has 2 aliphatic heterocycles. The highest BCUT2D eigenvalue weighted by Crippen LogP contribution is 2.40. The zero-order valence-electron chi connectivity index (χ0n) is 20.3. The molecule has 0 aliphatic carbocycles. The van der Waals surface area contributed by atoms with Crippen LogP contribution in [-0.2, 0) is 19.9 Å². The van der Waals surface area contributed by atoms with Crippen molar-refractivity contribution < 1.29 is 41.4 Å². The first-order valence-corrected chi connectivity index (χ1v) is 11.9. The summed E-state index contributed by atoms with van der Waals surface area (Å²) in [5, 5.41) is 19.0. The Bertz CT molecular complexity index is 1220. The Morgan fingerprint density at radius 3 is 2.39 bits per heavy atom. The Labute approximate surface area is 220 Å². The maximum Gasteiger partial charge on any atom is 0.490 e. The molecule has 0 aromatic heterocycles. The molecule has 2 heterocycles. The first kappa shape index (κ1) is 29.3. The van der Waals surface area contributed by atoms with Crippen molar-refractivity contribution in [1.82, 2.24) is 10.2 Å². The number of rotatable bonds is 3. The number of carboxylic acids is 1. The molecule has 0 saturated carbocycles. The van der Waals surface area contributed by atoms with Crippen LogP contribution < -0.4 is 5.32 Å². The van der Waals surface area contributed by atoms with Crippen LogP contribution in [0.25, 0.3) is 11.1 Å². The first-order chi connectivity index (χ1) is 17.7. The maximum absolute atomic E-state index is 14.4. The number of hydrogen-bond acceptors (Lipinski definition) is 4. The van der Waals surface area contributed by atoms with Crippen LogP contribution in [0.1, 0.15) is 38.7 Å². The molecular formula is C25H25ClF5N3O4. The molecule has 2 aliphatic rings. The SMILES string of the molecule is C[C@H]1C[C@@H](N2C(=N)N[C@](C)(c3cccc(-c4cccc(F)c4F)c3Cl)CC2=O)CCO1.O=C(O)C(F)(F)F. The Morgan fingerprint density at radius 1 is 1.21 bits per heavy atom. The third-order valence-corrected chi connectivity index (χ3v) is 6.72. The Balaban J connectivity index is 0.000000505. The predicted molar refractivity (Wildman–Crippen MR) is 129 cm³/mol. The number of halogens is 6. The molecule has 1 amide bonds. The number of benzene rings is 2. The van der Waals surface area contributed by atoms with Gasteiger partial charge in [0.05, 0.1) is 23.1 Å². The number of carboxylic acid groups (broad SMARTS) is 1. The van der Waals surface area contributed by atoms with Gasteiger partial charge in [0.25, 0.3) is 0 Å². The summed E-state index contributed by atoms with van der Waals surface area (Å²) in [6.45, 7) is 4.29. The van der Waals surface area contributed by atoms with Crippen LogP contribution in [0, 0.1) is 17.0 Å². The van der Waals surface area contributed by atoms with Crippen molar-refractivity contribution in [1.29, 1.82) is 5.41 Å². The summed E-state index contributed by atoms with van der Waals surface area (Å²) < 4.78 is 65.5. The molecule has 2 aromatic rings. The van der Waals surface area contributed by atoms with Gasteiger partial charge >= 0.3 is 12.1 Å². The van der Waals surface area contributed by atoms with Crippen LogP contribution >= 0.6 is 11.6 Å². The highest BCUT2D eigenvalue weighted by molar-refractivity contribution is 6.34. The number of nitrogens with zero attached hydrogens (tertiary/aromatic N) is 1. The number of carbonyl (C=O) groups is 2. The fourth-order valence-corrected chi connectivity index (χ4v) is 4.95. The lowest BCUT2D eigenvalue weighted by atomic mass is 9.84. The Morgan fingerprint density at radius 2 is 1.82 bits per heavy atom. The van der Waals surface area contributed by atoms with Crippen molar-refractivity contribution in [3.05, 3.63) is 58.6 Å². The number of amides is 1. The van der Waals surface area contributed by atoms with E-state index < -0.39 is 29.3 Å². The van der Waals surface area contributed by atoms with Gasteiger partial charge in [0.1, 0.15) is 0 Å². The molecule has 2 saturated heterocycles. The van der Waals surface area contributed by atoms with Crippen molar-refractivity contribution in [2.75, 3.05) is 6.61 Å². The lowest BCUT2D eigenvalue weighted by Crippen LogP contribution is -2.63. The van der Waals surface area contributed by atoms with Gasteiger partial charge < -0.3 is 15.2 Å². The average molecular weight is 562 g/mol. The predicted octanol–water partition coefficient (Wildman–Crippen LogP) is 5.46. The number of nitrogens with one attached hydrogen (secondary N) is 2. The molecular weight excluding hydrogens is 537 g/mol. The number of carbonyl (C=O) groups excluding carboxylic acids is 1. The summed E-state index contributed by atoms with van der Waals surface area (Å²) in [4.78, 5) is 23.5. The molecule has 7 nitrogen and oxygen atoms in total. The molecule has 38 heavy (non-hydrogen) atoms. The number of guanidine groups is 1. The fourth-order valence-electron chi connectivity index (χ4n) is 4.51. The second-order valence-electron chi connectivity index (χ2n) is 9.18. The van der Waals surface area contributed by atoms with E-state index >= 15 is 0 Å². The van der Waals surface area contributed by atoms with Crippen molar-refractivity contribution in [2.24, 2.45) is 0 Å². The standard InChI is InChI=1S/C23H24ClF2N3O2.C2HF3O2/c1-13-11-14(9-10-31-13)29-19(30)12-23(2,28-22(29)27)17-7-3-5-15(20(17)24)16-6-4-8-18(25)21(16)26;3-2(4,5)1(6)7/h3-8,13-14H,9-12H2,1-2H3,(H2,27,28);(H,6,7)/t13-,14-,23-;/m0./s1. The van der Waals surface area contributed by atoms with E-state index in [2.05, 4.69) is 5.32 Å². The van der Waals surface area contributed by atoms with E-state index in [1.54, 1.807) is 25.1 Å². The Hall–Kier alpha value is -3.25. The summed E-state index contributed by atoms with van der Waals surface area (Å²) in [5.41, 5.74) is -0.0315. The smallest absolute Gasteiger partial charge is 0.475 e. The maximum atomic E-state index is 14.4. The third-order valence-electron chi connectivity index (χ3n) is 6.31. The average Bonchev–Trinajstić information content (AvgIpc) is 2.80. The van der Waals surface area contributed by atoms with Crippen LogP contribution in [0.2, 0.25) is 5.02 Å². The summed E-state index contributed by atoms with van der Waals surface area (Å²) in [7, 11) is 0. The number of alkyl halides is 3. The zero-order valence-corrected chi connectivity index (χ0v) is 21.1. The lowest BCUT2D eigenvalue weighted by molar-refractivity contribution is -0.192. The molecule has 0 bridgehead atoms. The van der Waals surface area contributed by atoms with Gasteiger partial charge in [0.2, 0.25) is 5.91 Å². The van der Waals surface area contributed by atoms with Crippen molar-refractivity contribution in [3.8, 4) is 11.1 Å². The van der Waals surface area contributed by atoms with Crippen molar-refractivity contribution >= 4 is 29.4 Å². The first-order valence-electron chi connectivity index (χ1n) is 11.5. The van der Waals surface area contributed by atoms with Crippen LogP contribution in [-0.4, -0.2) is 52.8 Å². The highest BCUT2D eigenvalue weighted by atomic mass is 35.5. The van der Waals surface area contributed by atoms with Gasteiger partial charge in [-0.05, 0) is 38.3 Å². The summed E-state index contributed by atoms with van der Waals surface area (Å²) in [6.07, 6.45) is -3.64. The van der Waals surface area contributed by atoms with Gasteiger partial charge in [-0.3, -0.25) is 15.1 Å². The minimum Gasteiger partial charge on any atom is -0.475 e. The van der Waals surface area contributed by atoms with E-state index in [1.807, 2.05) is 6.92 Å². The lowest BCUT2D eigenvalue weighted by Gasteiger charge is -2.45. The quantitative estimate of drug-likeness (QED) is 0.432.